The highest BCUT2D eigenvalue weighted by Crippen LogP contribution is 2.03. The summed E-state index contributed by atoms with van der Waals surface area (Å²) < 4.78 is 12.6. The average Bonchev–Trinajstić information content (AvgIpc) is 3.16. The van der Waals surface area contributed by atoms with Crippen molar-refractivity contribution in [2.45, 2.75) is 39.3 Å². The molecule has 162 valence electrons. The van der Waals surface area contributed by atoms with Gasteiger partial charge in [0.05, 0.1) is 19.8 Å². The minimum absolute atomic E-state index is 0. The lowest BCUT2D eigenvalue weighted by Crippen LogP contribution is -2.45. The standard InChI is InChI=1S/C18H35N7O2.HI/c1-4-17-23-22-15-25(17)8-7-20-18(19-6-5-11-26-3)21-14-16(2)24-9-12-27-13-10-24;/h15-16H,4-14H2,1-3H3,(H2,19,20,21);1H. The van der Waals surface area contributed by atoms with E-state index in [1.165, 1.54) is 0 Å². The number of morpholine rings is 1. The van der Waals surface area contributed by atoms with Crippen molar-refractivity contribution < 1.29 is 9.47 Å². The minimum atomic E-state index is 0. The number of hydrogen-bond acceptors (Lipinski definition) is 6. The molecule has 28 heavy (non-hydrogen) atoms. The number of ether oxygens (including phenoxy) is 2. The van der Waals surface area contributed by atoms with Crippen molar-refractivity contribution in [1.82, 2.24) is 30.3 Å². The molecule has 2 N–H and O–H groups in total. The van der Waals surface area contributed by atoms with Crippen LogP contribution >= 0.6 is 24.0 Å². The van der Waals surface area contributed by atoms with Gasteiger partial charge in [-0.3, -0.25) is 9.89 Å². The third-order valence-electron chi connectivity index (χ3n) is 4.66. The summed E-state index contributed by atoms with van der Waals surface area (Å²) >= 11 is 0. The average molecular weight is 509 g/mol. The van der Waals surface area contributed by atoms with E-state index in [4.69, 9.17) is 14.5 Å². The Hall–Kier alpha value is -0.980. The largest absolute Gasteiger partial charge is 0.385 e. The maximum Gasteiger partial charge on any atom is 0.191 e. The lowest BCUT2D eigenvalue weighted by molar-refractivity contribution is 0.0220. The van der Waals surface area contributed by atoms with Gasteiger partial charge in [-0.2, -0.15) is 0 Å². The first-order valence-electron chi connectivity index (χ1n) is 9.94. The number of rotatable bonds is 11. The molecule has 0 amide bonds. The Morgan fingerprint density at radius 2 is 2.07 bits per heavy atom. The van der Waals surface area contributed by atoms with E-state index in [0.29, 0.717) is 6.04 Å². The molecule has 0 aliphatic carbocycles. The number of methoxy groups -OCH3 is 1. The third-order valence-corrected chi connectivity index (χ3v) is 4.66. The number of aryl methyl sites for hydroxylation is 1. The zero-order valence-corrected chi connectivity index (χ0v) is 19.7. The predicted molar refractivity (Wildman–Crippen MR) is 121 cm³/mol. The van der Waals surface area contributed by atoms with Crippen molar-refractivity contribution in [2.24, 2.45) is 4.99 Å². The fraction of sp³-hybridized carbons (Fsp3) is 0.833. The number of halogens is 1. The number of aliphatic imine (C=N–C) groups is 1. The molecule has 1 aromatic rings. The van der Waals surface area contributed by atoms with Crippen molar-refractivity contribution in [3.05, 3.63) is 12.2 Å². The molecule has 0 bridgehead atoms. The van der Waals surface area contributed by atoms with Gasteiger partial charge in [0, 0.05) is 58.9 Å². The van der Waals surface area contributed by atoms with Gasteiger partial charge in [-0.25, -0.2) is 0 Å². The number of hydrogen-bond donors (Lipinski definition) is 2. The normalized spacial score (nSPS) is 16.5. The molecule has 2 heterocycles. The van der Waals surface area contributed by atoms with Crippen molar-refractivity contribution >= 4 is 29.9 Å². The minimum Gasteiger partial charge on any atom is -0.385 e. The zero-order valence-electron chi connectivity index (χ0n) is 17.4. The Kier molecular flexibility index (Phi) is 13.4. The summed E-state index contributed by atoms with van der Waals surface area (Å²) in [6.07, 6.45) is 3.61. The second kappa shape index (κ2) is 14.9. The van der Waals surface area contributed by atoms with E-state index in [0.717, 1.165) is 83.7 Å². The highest BCUT2D eigenvalue weighted by Gasteiger charge is 2.16. The summed E-state index contributed by atoms with van der Waals surface area (Å²) in [5.74, 6) is 1.85. The maximum atomic E-state index is 5.43. The third kappa shape index (κ3) is 9.01. The Morgan fingerprint density at radius 3 is 2.79 bits per heavy atom. The van der Waals surface area contributed by atoms with Crippen LogP contribution in [0.25, 0.3) is 0 Å². The van der Waals surface area contributed by atoms with Crippen LogP contribution in [0.3, 0.4) is 0 Å². The van der Waals surface area contributed by atoms with Gasteiger partial charge in [-0.1, -0.05) is 6.92 Å². The number of aromatic nitrogens is 3. The van der Waals surface area contributed by atoms with Crippen LogP contribution in [-0.4, -0.2) is 91.3 Å². The molecular formula is C18H36IN7O2. The molecule has 2 rings (SSSR count). The molecule has 1 aromatic heterocycles. The van der Waals surface area contributed by atoms with Crippen LogP contribution in [0, 0.1) is 0 Å². The van der Waals surface area contributed by atoms with E-state index in [1.807, 2.05) is 0 Å². The second-order valence-corrected chi connectivity index (χ2v) is 6.68. The lowest BCUT2D eigenvalue weighted by Gasteiger charge is -2.31. The molecule has 1 aliphatic rings. The zero-order chi connectivity index (χ0) is 19.3. The van der Waals surface area contributed by atoms with Gasteiger partial charge in [-0.05, 0) is 13.3 Å². The van der Waals surface area contributed by atoms with Crippen LogP contribution in [0.5, 0.6) is 0 Å². The van der Waals surface area contributed by atoms with Crippen molar-refractivity contribution in [1.29, 1.82) is 0 Å². The van der Waals surface area contributed by atoms with Gasteiger partial charge < -0.3 is 24.7 Å². The van der Waals surface area contributed by atoms with Crippen LogP contribution in [0.15, 0.2) is 11.3 Å². The maximum absolute atomic E-state index is 5.43. The van der Waals surface area contributed by atoms with Gasteiger partial charge in [0.1, 0.15) is 12.2 Å². The molecule has 1 unspecified atom stereocenters. The molecule has 0 saturated carbocycles. The van der Waals surface area contributed by atoms with E-state index >= 15 is 0 Å². The van der Waals surface area contributed by atoms with Crippen molar-refractivity contribution in [3.63, 3.8) is 0 Å². The summed E-state index contributed by atoms with van der Waals surface area (Å²) in [6.45, 7) is 11.8. The molecule has 1 atom stereocenters. The van der Waals surface area contributed by atoms with Gasteiger partial charge >= 0.3 is 0 Å². The van der Waals surface area contributed by atoms with Crippen LogP contribution in [0.2, 0.25) is 0 Å². The Labute approximate surface area is 185 Å². The van der Waals surface area contributed by atoms with E-state index in [1.54, 1.807) is 13.4 Å². The molecule has 10 heteroatoms. The van der Waals surface area contributed by atoms with Gasteiger partial charge in [0.25, 0.3) is 0 Å². The molecular weight excluding hydrogens is 473 g/mol. The molecule has 1 fully saturated rings. The first kappa shape index (κ1) is 25.1. The summed E-state index contributed by atoms with van der Waals surface area (Å²) in [7, 11) is 1.72. The molecule has 0 radical (unpaired) electrons. The van der Waals surface area contributed by atoms with Gasteiger partial charge in [-0.15, -0.1) is 34.2 Å². The highest BCUT2D eigenvalue weighted by atomic mass is 127. The lowest BCUT2D eigenvalue weighted by atomic mass is 10.2. The van der Waals surface area contributed by atoms with E-state index in [2.05, 4.69) is 44.1 Å². The van der Waals surface area contributed by atoms with Crippen LogP contribution in [0.1, 0.15) is 26.1 Å². The van der Waals surface area contributed by atoms with E-state index in [9.17, 15) is 0 Å². The summed E-state index contributed by atoms with van der Waals surface area (Å²) in [4.78, 5) is 7.22. The molecule has 0 spiro atoms. The van der Waals surface area contributed by atoms with E-state index < -0.39 is 0 Å². The van der Waals surface area contributed by atoms with Crippen molar-refractivity contribution in [3.8, 4) is 0 Å². The molecule has 9 nitrogen and oxygen atoms in total. The van der Waals surface area contributed by atoms with Crippen LogP contribution in [0.4, 0.5) is 0 Å². The highest BCUT2D eigenvalue weighted by molar-refractivity contribution is 14.0. The summed E-state index contributed by atoms with van der Waals surface area (Å²) in [5, 5.41) is 14.9. The van der Waals surface area contributed by atoms with Gasteiger partial charge in [0.2, 0.25) is 0 Å². The predicted octanol–water partition coefficient (Wildman–Crippen LogP) is 0.751. The fourth-order valence-corrected chi connectivity index (χ4v) is 2.99. The summed E-state index contributed by atoms with van der Waals surface area (Å²) in [5.41, 5.74) is 0. The first-order valence-corrected chi connectivity index (χ1v) is 9.94. The SMILES string of the molecule is CCc1nncn1CCNC(=NCC(C)N1CCOCC1)NCCCOC.I. The first-order chi connectivity index (χ1) is 13.2. The smallest absolute Gasteiger partial charge is 0.191 e. The molecule has 1 aliphatic heterocycles. The van der Waals surface area contributed by atoms with Gasteiger partial charge in [0.15, 0.2) is 5.96 Å². The number of nitrogens with one attached hydrogen (secondary N) is 2. The second-order valence-electron chi connectivity index (χ2n) is 6.68. The Balaban J connectivity index is 0.00000392. The number of nitrogens with zero attached hydrogens (tertiary/aromatic N) is 5. The summed E-state index contributed by atoms with van der Waals surface area (Å²) in [6, 6.07) is 0.399. The van der Waals surface area contributed by atoms with E-state index in [-0.39, 0.29) is 24.0 Å². The van der Waals surface area contributed by atoms with Crippen LogP contribution < -0.4 is 10.6 Å². The van der Waals surface area contributed by atoms with Crippen LogP contribution in [-0.2, 0) is 22.4 Å². The fourth-order valence-electron chi connectivity index (χ4n) is 2.99. The topological polar surface area (TPSA) is 88.8 Å². The number of guanidine groups is 1. The Morgan fingerprint density at radius 1 is 1.32 bits per heavy atom. The quantitative estimate of drug-likeness (QED) is 0.197. The molecule has 1 saturated heterocycles. The van der Waals surface area contributed by atoms with Crippen molar-refractivity contribution in [2.75, 3.05) is 59.7 Å². The Bertz CT molecular complexity index is 550. The molecule has 0 aromatic carbocycles. The monoisotopic (exact) mass is 509 g/mol.